The van der Waals surface area contributed by atoms with Crippen LogP contribution >= 0.6 is 11.8 Å². The molecule has 2 N–H and O–H groups in total. The first-order valence-corrected chi connectivity index (χ1v) is 8.87. The third kappa shape index (κ3) is 6.51. The monoisotopic (exact) mass is 359 g/mol. The lowest BCUT2D eigenvalue weighted by molar-refractivity contribution is -0.141. The van der Waals surface area contributed by atoms with E-state index in [1.165, 1.54) is 11.8 Å². The molecule has 2 aromatic carbocycles. The minimum atomic E-state index is -0.912. The fraction of sp³-hybridized carbons (Fsp3) is 0.263. The van der Waals surface area contributed by atoms with Crippen molar-refractivity contribution in [1.82, 2.24) is 5.32 Å². The number of hydrogen-bond donors (Lipinski definition) is 2. The molecule has 0 aliphatic rings. The SMILES string of the molecule is COc1cccc(SCC(=O)NCC(Cc2ccccc2)C(=O)O)c1. The highest BCUT2D eigenvalue weighted by atomic mass is 32.2. The zero-order valence-electron chi connectivity index (χ0n) is 14.0. The number of nitrogens with one attached hydrogen (secondary N) is 1. The fourth-order valence-electron chi connectivity index (χ4n) is 2.27. The molecule has 5 nitrogen and oxygen atoms in total. The number of thioether (sulfide) groups is 1. The van der Waals surface area contributed by atoms with Crippen molar-refractivity contribution in [1.29, 1.82) is 0 Å². The van der Waals surface area contributed by atoms with E-state index >= 15 is 0 Å². The largest absolute Gasteiger partial charge is 0.497 e. The number of carboxylic acids is 1. The van der Waals surface area contributed by atoms with Gasteiger partial charge in [-0.2, -0.15) is 0 Å². The highest BCUT2D eigenvalue weighted by Gasteiger charge is 2.19. The number of carboxylic acid groups (broad SMARTS) is 1. The molecule has 25 heavy (non-hydrogen) atoms. The number of carbonyl (C=O) groups is 2. The Morgan fingerprint density at radius 1 is 1.16 bits per heavy atom. The summed E-state index contributed by atoms with van der Waals surface area (Å²) in [4.78, 5) is 24.3. The topological polar surface area (TPSA) is 75.6 Å². The maximum Gasteiger partial charge on any atom is 0.308 e. The molecule has 0 aromatic heterocycles. The predicted octanol–water partition coefficient (Wildman–Crippen LogP) is 2.85. The van der Waals surface area contributed by atoms with Crippen LogP contribution in [0.15, 0.2) is 59.5 Å². The predicted molar refractivity (Wildman–Crippen MR) is 98.0 cm³/mol. The molecule has 132 valence electrons. The summed E-state index contributed by atoms with van der Waals surface area (Å²) in [6.45, 7) is 0.113. The van der Waals surface area contributed by atoms with Gasteiger partial charge < -0.3 is 15.2 Å². The minimum Gasteiger partial charge on any atom is -0.497 e. The molecule has 0 saturated heterocycles. The van der Waals surface area contributed by atoms with Crippen molar-refractivity contribution in [3.05, 3.63) is 60.2 Å². The number of aliphatic carboxylic acids is 1. The standard InChI is InChI=1S/C19H21NO4S/c1-24-16-8-5-9-17(11-16)25-13-18(21)20-12-15(19(22)23)10-14-6-3-2-4-7-14/h2-9,11,15H,10,12-13H2,1H3,(H,20,21)(H,22,23). The Labute approximate surface area is 151 Å². The number of amides is 1. The molecular weight excluding hydrogens is 338 g/mol. The smallest absolute Gasteiger partial charge is 0.308 e. The summed E-state index contributed by atoms with van der Waals surface area (Å²) in [5, 5.41) is 12.1. The average molecular weight is 359 g/mol. The number of methoxy groups -OCH3 is 1. The van der Waals surface area contributed by atoms with E-state index in [0.29, 0.717) is 6.42 Å². The van der Waals surface area contributed by atoms with Gasteiger partial charge in [0, 0.05) is 11.4 Å². The molecule has 2 rings (SSSR count). The van der Waals surface area contributed by atoms with E-state index in [2.05, 4.69) is 5.32 Å². The van der Waals surface area contributed by atoms with Crippen molar-refractivity contribution >= 4 is 23.6 Å². The van der Waals surface area contributed by atoms with Crippen molar-refractivity contribution < 1.29 is 19.4 Å². The van der Waals surface area contributed by atoms with Crippen molar-refractivity contribution in [2.24, 2.45) is 5.92 Å². The lowest BCUT2D eigenvalue weighted by Gasteiger charge is -2.13. The first-order chi connectivity index (χ1) is 12.1. The molecule has 0 saturated carbocycles. The van der Waals surface area contributed by atoms with Crippen LogP contribution in [0.4, 0.5) is 0 Å². The summed E-state index contributed by atoms with van der Waals surface area (Å²) >= 11 is 1.38. The summed E-state index contributed by atoms with van der Waals surface area (Å²) in [5.74, 6) is -0.783. The van der Waals surface area contributed by atoms with Crippen molar-refractivity contribution in [3.63, 3.8) is 0 Å². The highest BCUT2D eigenvalue weighted by Crippen LogP contribution is 2.22. The van der Waals surface area contributed by atoms with Gasteiger partial charge in [0.05, 0.1) is 18.8 Å². The number of carbonyl (C=O) groups excluding carboxylic acids is 1. The Morgan fingerprint density at radius 2 is 1.92 bits per heavy atom. The van der Waals surface area contributed by atoms with E-state index in [4.69, 9.17) is 4.74 Å². The van der Waals surface area contributed by atoms with Gasteiger partial charge in [0.2, 0.25) is 5.91 Å². The molecule has 0 radical (unpaired) electrons. The second kappa shape index (κ2) is 9.74. The number of ether oxygens (including phenoxy) is 1. The summed E-state index contributed by atoms with van der Waals surface area (Å²) in [5.41, 5.74) is 0.940. The van der Waals surface area contributed by atoms with Crippen molar-refractivity contribution in [2.45, 2.75) is 11.3 Å². The molecule has 0 spiro atoms. The van der Waals surface area contributed by atoms with Gasteiger partial charge in [0.15, 0.2) is 0 Å². The maximum absolute atomic E-state index is 12.0. The molecule has 0 heterocycles. The van der Waals surface area contributed by atoms with Crippen LogP contribution in [-0.2, 0) is 16.0 Å². The summed E-state index contributed by atoms with van der Waals surface area (Å²) in [6, 6.07) is 16.9. The Balaban J connectivity index is 1.81. The fourth-order valence-corrected chi connectivity index (χ4v) is 3.05. The molecular formula is C19H21NO4S. The quantitative estimate of drug-likeness (QED) is 0.674. The second-order valence-corrected chi connectivity index (χ2v) is 6.55. The molecule has 1 unspecified atom stereocenters. The van der Waals surface area contributed by atoms with Crippen LogP contribution in [0.1, 0.15) is 5.56 Å². The molecule has 0 aliphatic carbocycles. The average Bonchev–Trinajstić information content (AvgIpc) is 2.64. The normalized spacial score (nSPS) is 11.6. The van der Waals surface area contributed by atoms with E-state index in [1.54, 1.807) is 7.11 Å². The first kappa shape index (κ1) is 18.9. The number of rotatable bonds is 9. The summed E-state index contributed by atoms with van der Waals surface area (Å²) in [6.07, 6.45) is 0.388. The summed E-state index contributed by atoms with van der Waals surface area (Å²) < 4.78 is 5.14. The molecule has 0 aliphatic heterocycles. The zero-order chi connectivity index (χ0) is 18.1. The van der Waals surface area contributed by atoms with E-state index in [-0.39, 0.29) is 18.2 Å². The van der Waals surface area contributed by atoms with E-state index in [0.717, 1.165) is 16.2 Å². The third-order valence-corrected chi connectivity index (χ3v) is 4.62. The van der Waals surface area contributed by atoms with E-state index < -0.39 is 11.9 Å². The van der Waals surface area contributed by atoms with Crippen molar-refractivity contribution in [2.75, 3.05) is 19.4 Å². The van der Waals surface area contributed by atoms with Crippen LogP contribution in [0, 0.1) is 5.92 Å². The van der Waals surface area contributed by atoms with Gasteiger partial charge in [-0.3, -0.25) is 9.59 Å². The lowest BCUT2D eigenvalue weighted by Crippen LogP contribution is -2.35. The van der Waals surface area contributed by atoms with E-state index in [1.807, 2.05) is 54.6 Å². The molecule has 1 atom stereocenters. The van der Waals surface area contributed by atoms with Crippen LogP contribution in [0.2, 0.25) is 0 Å². The van der Waals surface area contributed by atoms with E-state index in [9.17, 15) is 14.7 Å². The first-order valence-electron chi connectivity index (χ1n) is 7.88. The Bertz CT molecular complexity index is 706. The summed E-state index contributed by atoms with van der Waals surface area (Å²) in [7, 11) is 1.59. The van der Waals surface area contributed by atoms with Crippen molar-refractivity contribution in [3.8, 4) is 5.75 Å². The highest BCUT2D eigenvalue weighted by molar-refractivity contribution is 8.00. The van der Waals surface area contributed by atoms with Gasteiger partial charge in [-0.1, -0.05) is 36.4 Å². The van der Waals surface area contributed by atoms with Gasteiger partial charge in [0.25, 0.3) is 0 Å². The lowest BCUT2D eigenvalue weighted by atomic mass is 9.99. The molecule has 0 fully saturated rings. The zero-order valence-corrected chi connectivity index (χ0v) is 14.8. The number of benzene rings is 2. The molecule has 0 bridgehead atoms. The van der Waals surface area contributed by atoms with Crippen LogP contribution < -0.4 is 10.1 Å². The van der Waals surface area contributed by atoms with Crippen LogP contribution in [-0.4, -0.2) is 36.4 Å². The van der Waals surface area contributed by atoms with Gasteiger partial charge in [0.1, 0.15) is 5.75 Å². The molecule has 1 amide bonds. The Kier molecular flexibility index (Phi) is 7.35. The third-order valence-electron chi connectivity index (χ3n) is 3.63. The molecule has 2 aromatic rings. The molecule has 6 heteroatoms. The minimum absolute atomic E-state index is 0.113. The van der Waals surface area contributed by atoms with Gasteiger partial charge in [-0.25, -0.2) is 0 Å². The van der Waals surface area contributed by atoms with Crippen LogP contribution in [0.5, 0.6) is 5.75 Å². The maximum atomic E-state index is 12.0. The van der Waals surface area contributed by atoms with Crippen LogP contribution in [0.25, 0.3) is 0 Å². The second-order valence-electron chi connectivity index (χ2n) is 5.50. The van der Waals surface area contributed by atoms with Gasteiger partial charge in [-0.05, 0) is 30.2 Å². The van der Waals surface area contributed by atoms with Gasteiger partial charge in [-0.15, -0.1) is 11.8 Å². The Morgan fingerprint density at radius 3 is 2.60 bits per heavy atom. The Hall–Kier alpha value is -2.47. The van der Waals surface area contributed by atoms with Crippen LogP contribution in [0.3, 0.4) is 0 Å². The number of hydrogen-bond acceptors (Lipinski definition) is 4. The van der Waals surface area contributed by atoms with Gasteiger partial charge >= 0.3 is 5.97 Å².